The van der Waals surface area contributed by atoms with Crippen molar-refractivity contribution in [1.29, 1.82) is 0 Å². The van der Waals surface area contributed by atoms with Crippen molar-refractivity contribution >= 4 is 27.8 Å². The minimum atomic E-state index is -0.909. The zero-order chi connectivity index (χ0) is 16.4. The molecule has 0 radical (unpaired) electrons. The number of aliphatic carboxylic acids is 1. The van der Waals surface area contributed by atoms with E-state index < -0.39 is 12.0 Å². The average molecular weight is 382 g/mol. The summed E-state index contributed by atoms with van der Waals surface area (Å²) in [7, 11) is 0. The number of benzene rings is 1. The molecule has 2 saturated heterocycles. The number of carbonyl (C=O) groups is 2. The number of rotatable bonds is 3. The summed E-state index contributed by atoms with van der Waals surface area (Å²) in [4.78, 5) is 25.6. The van der Waals surface area contributed by atoms with Crippen molar-refractivity contribution in [3.8, 4) is 0 Å². The SMILES string of the molecule is O=C(O)C1CCCCN1C(=O)C1CC(c2ccc(Br)cc2)NN1. The van der Waals surface area contributed by atoms with Crippen LogP contribution in [0.1, 0.15) is 37.3 Å². The van der Waals surface area contributed by atoms with Crippen LogP contribution < -0.4 is 10.9 Å². The Morgan fingerprint density at radius 3 is 2.61 bits per heavy atom. The average Bonchev–Trinajstić information content (AvgIpc) is 3.04. The molecule has 2 aliphatic heterocycles. The number of piperidine rings is 1. The lowest BCUT2D eigenvalue weighted by molar-refractivity contribution is -0.152. The molecule has 0 saturated carbocycles. The van der Waals surface area contributed by atoms with Gasteiger partial charge < -0.3 is 10.0 Å². The smallest absolute Gasteiger partial charge is 0.326 e. The van der Waals surface area contributed by atoms with Gasteiger partial charge in [0.15, 0.2) is 0 Å². The normalized spacial score (nSPS) is 27.9. The molecular weight excluding hydrogens is 362 g/mol. The van der Waals surface area contributed by atoms with Gasteiger partial charge in [-0.2, -0.15) is 0 Å². The first-order valence-electron chi connectivity index (χ1n) is 7.86. The fourth-order valence-electron chi connectivity index (χ4n) is 3.28. The number of amides is 1. The summed E-state index contributed by atoms with van der Waals surface area (Å²) in [6.45, 7) is 0.525. The predicted molar refractivity (Wildman–Crippen MR) is 88.5 cm³/mol. The van der Waals surface area contributed by atoms with Crippen LogP contribution in [0.5, 0.6) is 0 Å². The first kappa shape index (κ1) is 16.4. The van der Waals surface area contributed by atoms with Crippen LogP contribution >= 0.6 is 15.9 Å². The third-order valence-electron chi connectivity index (χ3n) is 4.54. The number of halogens is 1. The van der Waals surface area contributed by atoms with Gasteiger partial charge in [-0.1, -0.05) is 28.1 Å². The van der Waals surface area contributed by atoms with Gasteiger partial charge in [-0.25, -0.2) is 15.6 Å². The first-order chi connectivity index (χ1) is 11.1. The number of carboxylic acids is 1. The Kier molecular flexibility index (Phi) is 4.99. The summed E-state index contributed by atoms with van der Waals surface area (Å²) in [5, 5.41) is 9.32. The van der Waals surface area contributed by atoms with Crippen molar-refractivity contribution < 1.29 is 14.7 Å². The molecule has 23 heavy (non-hydrogen) atoms. The summed E-state index contributed by atoms with van der Waals surface area (Å²) in [6.07, 6.45) is 2.88. The summed E-state index contributed by atoms with van der Waals surface area (Å²) >= 11 is 3.41. The fourth-order valence-corrected chi connectivity index (χ4v) is 3.55. The molecule has 2 fully saturated rings. The van der Waals surface area contributed by atoms with Crippen molar-refractivity contribution in [2.24, 2.45) is 0 Å². The molecule has 6 nitrogen and oxygen atoms in total. The van der Waals surface area contributed by atoms with Gasteiger partial charge in [0.1, 0.15) is 12.1 Å². The first-order valence-corrected chi connectivity index (χ1v) is 8.65. The Bertz CT molecular complexity index is 593. The Balaban J connectivity index is 1.67. The molecule has 0 aliphatic carbocycles. The second-order valence-electron chi connectivity index (χ2n) is 6.06. The maximum absolute atomic E-state index is 12.7. The molecule has 0 bridgehead atoms. The van der Waals surface area contributed by atoms with E-state index in [1.807, 2.05) is 24.3 Å². The van der Waals surface area contributed by atoms with Gasteiger partial charge >= 0.3 is 5.97 Å². The molecule has 124 valence electrons. The van der Waals surface area contributed by atoms with E-state index in [-0.39, 0.29) is 18.0 Å². The maximum atomic E-state index is 12.7. The van der Waals surface area contributed by atoms with Crippen molar-refractivity contribution in [3.05, 3.63) is 34.3 Å². The van der Waals surface area contributed by atoms with E-state index in [9.17, 15) is 14.7 Å². The number of likely N-dealkylation sites (tertiary alicyclic amines) is 1. The number of carbonyl (C=O) groups excluding carboxylic acids is 1. The van der Waals surface area contributed by atoms with Crippen LogP contribution in [0.2, 0.25) is 0 Å². The summed E-state index contributed by atoms with van der Waals surface area (Å²) in [5.41, 5.74) is 7.28. The number of hydrazine groups is 1. The highest BCUT2D eigenvalue weighted by Gasteiger charge is 2.38. The maximum Gasteiger partial charge on any atom is 0.326 e. The molecule has 1 amide bonds. The van der Waals surface area contributed by atoms with Crippen LogP contribution in [-0.4, -0.2) is 40.5 Å². The van der Waals surface area contributed by atoms with Crippen LogP contribution in [0.3, 0.4) is 0 Å². The lowest BCUT2D eigenvalue weighted by Crippen LogP contribution is -2.54. The molecule has 0 aromatic heterocycles. The standard InChI is InChI=1S/C16H20BrN3O3/c17-11-6-4-10(5-7-11)12-9-13(19-18-12)15(21)20-8-2-1-3-14(20)16(22)23/h4-7,12-14,18-19H,1-3,8-9H2,(H,22,23). The molecule has 3 N–H and O–H groups in total. The Labute approximate surface area is 143 Å². The highest BCUT2D eigenvalue weighted by Crippen LogP contribution is 2.26. The van der Waals surface area contributed by atoms with E-state index >= 15 is 0 Å². The van der Waals surface area contributed by atoms with Gasteiger partial charge in [0, 0.05) is 17.1 Å². The summed E-state index contributed by atoms with van der Waals surface area (Å²) in [5.74, 6) is -1.03. The third-order valence-corrected chi connectivity index (χ3v) is 5.07. The van der Waals surface area contributed by atoms with Crippen molar-refractivity contribution in [2.75, 3.05) is 6.54 Å². The molecule has 3 unspecified atom stereocenters. The quantitative estimate of drug-likeness (QED) is 0.743. The van der Waals surface area contributed by atoms with E-state index in [1.54, 1.807) is 0 Å². The van der Waals surface area contributed by atoms with Crippen LogP contribution in [-0.2, 0) is 9.59 Å². The van der Waals surface area contributed by atoms with Gasteiger partial charge in [0.05, 0.1) is 0 Å². The van der Waals surface area contributed by atoms with Gasteiger partial charge in [-0.05, 0) is 43.4 Å². The molecule has 3 atom stereocenters. The van der Waals surface area contributed by atoms with Crippen LogP contribution in [0.4, 0.5) is 0 Å². The molecule has 2 heterocycles. The third kappa shape index (κ3) is 3.57. The van der Waals surface area contributed by atoms with E-state index in [1.165, 1.54) is 4.90 Å². The zero-order valence-electron chi connectivity index (χ0n) is 12.7. The molecule has 7 heteroatoms. The van der Waals surface area contributed by atoms with Gasteiger partial charge in [0.2, 0.25) is 5.91 Å². The van der Waals surface area contributed by atoms with E-state index in [4.69, 9.17) is 0 Å². The number of hydrogen-bond acceptors (Lipinski definition) is 4. The number of carboxylic acid groups (broad SMARTS) is 1. The van der Waals surface area contributed by atoms with E-state index in [0.29, 0.717) is 19.4 Å². The summed E-state index contributed by atoms with van der Waals surface area (Å²) in [6, 6.07) is 6.93. The number of hydrogen-bond donors (Lipinski definition) is 3. The largest absolute Gasteiger partial charge is 0.480 e. The highest BCUT2D eigenvalue weighted by molar-refractivity contribution is 9.10. The number of nitrogens with zero attached hydrogens (tertiary/aromatic N) is 1. The van der Waals surface area contributed by atoms with Gasteiger partial charge in [-0.15, -0.1) is 0 Å². The molecule has 0 spiro atoms. The fraction of sp³-hybridized carbons (Fsp3) is 0.500. The van der Waals surface area contributed by atoms with Crippen LogP contribution in [0.15, 0.2) is 28.7 Å². The Morgan fingerprint density at radius 2 is 1.91 bits per heavy atom. The Hall–Kier alpha value is -1.44. The topological polar surface area (TPSA) is 81.7 Å². The molecule has 2 aliphatic rings. The van der Waals surface area contributed by atoms with Gasteiger partial charge in [-0.3, -0.25) is 4.79 Å². The lowest BCUT2D eigenvalue weighted by Gasteiger charge is -2.34. The molecular formula is C16H20BrN3O3. The predicted octanol–water partition coefficient (Wildman–Crippen LogP) is 1.82. The minimum Gasteiger partial charge on any atom is -0.480 e. The molecule has 3 rings (SSSR count). The van der Waals surface area contributed by atoms with Crippen molar-refractivity contribution in [3.63, 3.8) is 0 Å². The van der Waals surface area contributed by atoms with Crippen LogP contribution in [0.25, 0.3) is 0 Å². The monoisotopic (exact) mass is 381 g/mol. The summed E-state index contributed by atoms with van der Waals surface area (Å²) < 4.78 is 1.01. The zero-order valence-corrected chi connectivity index (χ0v) is 14.3. The lowest BCUT2D eigenvalue weighted by atomic mass is 9.98. The van der Waals surface area contributed by atoms with Crippen LogP contribution in [0, 0.1) is 0 Å². The van der Waals surface area contributed by atoms with Gasteiger partial charge in [0.25, 0.3) is 0 Å². The molecule has 1 aromatic carbocycles. The molecule has 1 aromatic rings. The van der Waals surface area contributed by atoms with E-state index in [0.717, 1.165) is 22.9 Å². The second-order valence-corrected chi connectivity index (χ2v) is 6.98. The van der Waals surface area contributed by atoms with Crippen molar-refractivity contribution in [1.82, 2.24) is 15.8 Å². The highest BCUT2D eigenvalue weighted by atomic mass is 79.9. The number of nitrogens with one attached hydrogen (secondary N) is 2. The van der Waals surface area contributed by atoms with Crippen molar-refractivity contribution in [2.45, 2.75) is 43.8 Å². The van der Waals surface area contributed by atoms with E-state index in [2.05, 4.69) is 26.8 Å². The minimum absolute atomic E-state index is 0.0464. The second kappa shape index (κ2) is 6.98. The Morgan fingerprint density at radius 1 is 1.17 bits per heavy atom.